The van der Waals surface area contributed by atoms with Crippen molar-refractivity contribution in [2.75, 3.05) is 13.2 Å². The average Bonchev–Trinajstić information content (AvgIpc) is 2.33. The highest BCUT2D eigenvalue weighted by Crippen LogP contribution is 2.59. The smallest absolute Gasteiger partial charge is 0.332 e. The molecule has 4 saturated carbocycles. The number of alkyl halides is 2. The summed E-state index contributed by atoms with van der Waals surface area (Å²) in [6, 6.07) is 0. The number of halogens is 2. The molecule has 0 heterocycles. The van der Waals surface area contributed by atoms with Gasteiger partial charge in [0.2, 0.25) is 0 Å². The Bertz CT molecular complexity index is 388. The summed E-state index contributed by atoms with van der Waals surface area (Å²) < 4.78 is 35.8. The van der Waals surface area contributed by atoms with E-state index >= 15 is 0 Å². The first-order valence-corrected chi connectivity index (χ1v) is 7.93. The third-order valence-corrected chi connectivity index (χ3v) is 5.67. The molecule has 0 amide bonds. The van der Waals surface area contributed by atoms with Crippen molar-refractivity contribution in [3.8, 4) is 0 Å². The Morgan fingerprint density at radius 2 is 1.67 bits per heavy atom. The quantitative estimate of drug-likeness (QED) is 0.730. The molecule has 0 aromatic heterocycles. The Hall–Kier alpha value is -0.710. The molecule has 21 heavy (non-hydrogen) atoms. The maximum Gasteiger partial charge on any atom is 0.332 e. The number of esters is 1. The molecule has 4 bridgehead atoms. The minimum atomic E-state index is -2.91. The van der Waals surface area contributed by atoms with Gasteiger partial charge < -0.3 is 9.47 Å². The van der Waals surface area contributed by atoms with Gasteiger partial charge in [0.25, 0.3) is 5.92 Å². The molecule has 0 saturated heterocycles. The molecule has 0 N–H and O–H groups in total. The van der Waals surface area contributed by atoms with Gasteiger partial charge in [-0.05, 0) is 62.7 Å². The van der Waals surface area contributed by atoms with E-state index < -0.39 is 24.1 Å². The van der Waals surface area contributed by atoms with Crippen molar-refractivity contribution >= 4 is 5.97 Å². The van der Waals surface area contributed by atoms with Crippen molar-refractivity contribution in [3.63, 3.8) is 0 Å². The van der Waals surface area contributed by atoms with Crippen LogP contribution < -0.4 is 0 Å². The predicted octanol–water partition coefficient (Wildman–Crippen LogP) is 3.42. The monoisotopic (exact) mass is 302 g/mol. The average molecular weight is 302 g/mol. The summed E-state index contributed by atoms with van der Waals surface area (Å²) in [6.07, 6.45) is 5.91. The Kier molecular flexibility index (Phi) is 3.75. The number of carbonyl (C=O) groups is 1. The van der Waals surface area contributed by atoms with E-state index in [1.807, 2.05) is 6.92 Å². The summed E-state index contributed by atoms with van der Waals surface area (Å²) in [6.45, 7) is 1.69. The fourth-order valence-corrected chi connectivity index (χ4v) is 4.88. The number of hydrogen-bond donors (Lipinski definition) is 0. The first-order valence-electron chi connectivity index (χ1n) is 7.93. The van der Waals surface area contributed by atoms with Gasteiger partial charge in [0.05, 0.1) is 0 Å². The molecule has 0 unspecified atom stereocenters. The molecule has 0 aromatic carbocycles. The van der Waals surface area contributed by atoms with Crippen molar-refractivity contribution in [2.45, 2.75) is 57.5 Å². The third-order valence-electron chi connectivity index (χ3n) is 5.67. The van der Waals surface area contributed by atoms with Crippen LogP contribution in [0.3, 0.4) is 0 Å². The van der Waals surface area contributed by atoms with Crippen LogP contribution in [-0.2, 0) is 14.3 Å². The second-order valence-corrected chi connectivity index (χ2v) is 7.53. The zero-order chi connectivity index (χ0) is 15.3. The molecule has 120 valence electrons. The topological polar surface area (TPSA) is 35.5 Å². The molecule has 0 aliphatic heterocycles. The lowest BCUT2D eigenvalue weighted by atomic mass is 9.50. The van der Waals surface area contributed by atoms with Crippen LogP contribution >= 0.6 is 0 Å². The van der Waals surface area contributed by atoms with E-state index in [2.05, 4.69) is 0 Å². The van der Waals surface area contributed by atoms with E-state index in [0.29, 0.717) is 11.8 Å². The lowest BCUT2D eigenvalue weighted by molar-refractivity contribution is -0.208. The Labute approximate surface area is 124 Å². The summed E-state index contributed by atoms with van der Waals surface area (Å²) in [7, 11) is 0. The molecule has 0 radical (unpaired) electrons. The van der Waals surface area contributed by atoms with Crippen molar-refractivity contribution in [2.24, 2.45) is 23.7 Å². The van der Waals surface area contributed by atoms with Gasteiger partial charge >= 0.3 is 5.97 Å². The van der Waals surface area contributed by atoms with E-state index in [4.69, 9.17) is 9.47 Å². The Morgan fingerprint density at radius 1 is 1.14 bits per heavy atom. The van der Waals surface area contributed by atoms with Crippen molar-refractivity contribution in [1.29, 1.82) is 0 Å². The van der Waals surface area contributed by atoms with E-state index in [1.165, 1.54) is 6.42 Å². The lowest BCUT2D eigenvalue weighted by Gasteiger charge is -2.59. The largest absolute Gasteiger partial charge is 0.457 e. The first kappa shape index (κ1) is 15.2. The molecule has 4 aliphatic rings. The van der Waals surface area contributed by atoms with Crippen LogP contribution in [0.15, 0.2) is 0 Å². The lowest BCUT2D eigenvalue weighted by Crippen LogP contribution is -2.58. The fraction of sp³-hybridized carbons (Fsp3) is 0.938. The van der Waals surface area contributed by atoms with Crippen LogP contribution in [0, 0.1) is 23.7 Å². The van der Waals surface area contributed by atoms with Gasteiger partial charge in [0.1, 0.15) is 18.8 Å². The van der Waals surface area contributed by atoms with Gasteiger partial charge in [-0.15, -0.1) is 0 Å². The number of hydrogen-bond acceptors (Lipinski definition) is 3. The Morgan fingerprint density at radius 3 is 2.14 bits per heavy atom. The minimum absolute atomic E-state index is 0.384. The highest BCUT2D eigenvalue weighted by molar-refractivity contribution is 5.71. The van der Waals surface area contributed by atoms with E-state index in [0.717, 1.165) is 44.4 Å². The minimum Gasteiger partial charge on any atom is -0.457 e. The second kappa shape index (κ2) is 5.18. The van der Waals surface area contributed by atoms with Crippen LogP contribution in [0.1, 0.15) is 46.0 Å². The standard InChI is InChI=1S/C16H24F2O3/c1-15(17,18)9-20-8-14(19)21-16(2)12-4-10-3-11(6-12)7-13(16)5-10/h10-13H,3-9H2,1-2H3. The van der Waals surface area contributed by atoms with Gasteiger partial charge in [-0.3, -0.25) is 0 Å². The summed E-state index contributed by atoms with van der Waals surface area (Å²) in [5, 5.41) is 0. The molecular weight excluding hydrogens is 278 g/mol. The highest BCUT2D eigenvalue weighted by Gasteiger charge is 2.57. The van der Waals surface area contributed by atoms with Gasteiger partial charge in [-0.1, -0.05) is 0 Å². The van der Waals surface area contributed by atoms with Crippen LogP contribution in [0.5, 0.6) is 0 Å². The van der Waals surface area contributed by atoms with Crippen LogP contribution in [0.2, 0.25) is 0 Å². The third kappa shape index (κ3) is 3.08. The molecule has 4 fully saturated rings. The normalized spacial score (nSPS) is 41.3. The summed E-state index contributed by atoms with van der Waals surface area (Å²) in [4.78, 5) is 11.9. The first-order chi connectivity index (χ1) is 9.76. The molecule has 4 aliphatic carbocycles. The molecule has 0 spiro atoms. The van der Waals surface area contributed by atoms with E-state index in [9.17, 15) is 13.6 Å². The summed E-state index contributed by atoms with van der Waals surface area (Å²) in [5.41, 5.74) is -0.414. The van der Waals surface area contributed by atoms with Crippen molar-refractivity contribution in [1.82, 2.24) is 0 Å². The zero-order valence-corrected chi connectivity index (χ0v) is 12.7. The van der Waals surface area contributed by atoms with Gasteiger partial charge in [-0.2, -0.15) is 0 Å². The predicted molar refractivity (Wildman–Crippen MR) is 73.0 cm³/mol. The molecule has 3 nitrogen and oxygen atoms in total. The number of rotatable bonds is 5. The molecule has 5 heteroatoms. The zero-order valence-electron chi connectivity index (χ0n) is 12.7. The maximum absolute atomic E-state index is 12.7. The van der Waals surface area contributed by atoms with Crippen molar-refractivity contribution < 1.29 is 23.0 Å². The van der Waals surface area contributed by atoms with Crippen LogP contribution in [-0.4, -0.2) is 30.7 Å². The fourth-order valence-electron chi connectivity index (χ4n) is 4.88. The Balaban J connectivity index is 1.55. The molecule has 0 atom stereocenters. The van der Waals surface area contributed by atoms with E-state index in [1.54, 1.807) is 0 Å². The molecule has 0 aromatic rings. The van der Waals surface area contributed by atoms with Crippen LogP contribution in [0.4, 0.5) is 8.78 Å². The molecular formula is C16H24F2O3. The van der Waals surface area contributed by atoms with Crippen molar-refractivity contribution in [3.05, 3.63) is 0 Å². The highest BCUT2D eigenvalue weighted by atomic mass is 19.3. The summed E-state index contributed by atoms with van der Waals surface area (Å²) in [5.74, 6) is -0.944. The SMILES string of the molecule is CC(F)(F)COCC(=O)OC1(C)C2CC3CC(C2)CC1C3. The van der Waals surface area contributed by atoms with Gasteiger partial charge in [0.15, 0.2) is 0 Å². The van der Waals surface area contributed by atoms with Gasteiger partial charge in [-0.25, -0.2) is 13.6 Å². The van der Waals surface area contributed by atoms with Crippen LogP contribution in [0.25, 0.3) is 0 Å². The number of carbonyl (C=O) groups excluding carboxylic acids is 1. The van der Waals surface area contributed by atoms with Gasteiger partial charge in [0, 0.05) is 6.92 Å². The number of ether oxygens (including phenoxy) is 2. The van der Waals surface area contributed by atoms with E-state index in [-0.39, 0.29) is 6.61 Å². The maximum atomic E-state index is 12.7. The molecule has 4 rings (SSSR count). The second-order valence-electron chi connectivity index (χ2n) is 7.53. The summed E-state index contributed by atoms with van der Waals surface area (Å²) >= 11 is 0.